The fourth-order valence-electron chi connectivity index (χ4n) is 1.66. The summed E-state index contributed by atoms with van der Waals surface area (Å²) in [6.07, 6.45) is 3.40. The first-order valence-electron chi connectivity index (χ1n) is 6.05. The molecule has 0 fully saturated rings. The Kier molecular flexibility index (Phi) is 6.63. The van der Waals surface area contributed by atoms with Crippen molar-refractivity contribution in [1.82, 2.24) is 9.36 Å². The van der Waals surface area contributed by atoms with E-state index in [9.17, 15) is 0 Å². The van der Waals surface area contributed by atoms with E-state index in [4.69, 9.17) is 0 Å². The van der Waals surface area contributed by atoms with E-state index in [1.165, 1.54) is 24.4 Å². The maximum atomic E-state index is 4.55. The monoisotopic (exact) mass is 252 g/mol. The van der Waals surface area contributed by atoms with Gasteiger partial charge < -0.3 is 0 Å². The Morgan fingerprint density at radius 1 is 1.33 bits per heavy atom. The average molecular weight is 252 g/mol. The van der Waals surface area contributed by atoms with Crippen molar-refractivity contribution in [3.8, 4) is 10.6 Å². The molecule has 4 heteroatoms. The van der Waals surface area contributed by atoms with Crippen LogP contribution in [0.1, 0.15) is 32.5 Å². The molecule has 0 unspecified atom stereocenters. The number of benzene rings is 1. The molecule has 0 saturated carbocycles. The molecule has 0 N–H and O–H groups in total. The summed E-state index contributed by atoms with van der Waals surface area (Å²) in [4.78, 5) is 4.55. The standard InChI is InChI=1S/C14H17N2S.Li/c1-11(2)7-6-10-13-15-14(17-16-13)12-8-4-3-5-9-12;/h3-5,8,11H,6-7,10H2,1-2H3;/q-1;+1. The molecule has 2 nitrogen and oxygen atoms in total. The van der Waals surface area contributed by atoms with Crippen molar-refractivity contribution in [2.45, 2.75) is 33.1 Å². The maximum absolute atomic E-state index is 4.55. The van der Waals surface area contributed by atoms with Gasteiger partial charge in [-0.05, 0) is 12.3 Å². The zero-order valence-electron chi connectivity index (χ0n) is 11.3. The zero-order valence-corrected chi connectivity index (χ0v) is 12.1. The van der Waals surface area contributed by atoms with Crippen LogP contribution in [0.5, 0.6) is 0 Å². The minimum Gasteiger partial charge on any atom is -0.270 e. The van der Waals surface area contributed by atoms with Gasteiger partial charge in [0.25, 0.3) is 0 Å². The van der Waals surface area contributed by atoms with Gasteiger partial charge in [-0.1, -0.05) is 31.8 Å². The number of aromatic nitrogens is 2. The molecule has 0 bridgehead atoms. The molecule has 1 aromatic heterocycles. The first kappa shape index (κ1) is 15.4. The van der Waals surface area contributed by atoms with Crippen molar-refractivity contribution in [2.24, 2.45) is 5.92 Å². The molecular formula is C14H17LiN2S. The molecule has 2 rings (SSSR count). The van der Waals surface area contributed by atoms with Crippen molar-refractivity contribution < 1.29 is 18.9 Å². The molecule has 2 aromatic rings. The minimum atomic E-state index is 0. The Bertz CT molecular complexity index is 454. The Morgan fingerprint density at radius 2 is 2.17 bits per heavy atom. The van der Waals surface area contributed by atoms with Gasteiger partial charge in [0, 0.05) is 6.42 Å². The first-order chi connectivity index (χ1) is 8.25. The normalized spacial score (nSPS) is 10.4. The van der Waals surface area contributed by atoms with Crippen LogP contribution >= 0.6 is 11.5 Å². The summed E-state index contributed by atoms with van der Waals surface area (Å²) in [5, 5.41) is 0.977. The summed E-state index contributed by atoms with van der Waals surface area (Å²) in [5.74, 6) is 1.73. The van der Waals surface area contributed by atoms with Gasteiger partial charge in [0.2, 0.25) is 0 Å². The van der Waals surface area contributed by atoms with Crippen molar-refractivity contribution in [3.63, 3.8) is 0 Å². The Balaban J connectivity index is 0.00000162. The van der Waals surface area contributed by atoms with Gasteiger partial charge >= 0.3 is 18.9 Å². The largest absolute Gasteiger partial charge is 1.00 e. The van der Waals surface area contributed by atoms with Crippen molar-refractivity contribution in [1.29, 1.82) is 0 Å². The van der Waals surface area contributed by atoms with E-state index in [0.717, 1.165) is 28.7 Å². The fraction of sp³-hybridized carbons (Fsp3) is 0.429. The van der Waals surface area contributed by atoms with E-state index >= 15 is 0 Å². The molecule has 1 aromatic carbocycles. The van der Waals surface area contributed by atoms with Gasteiger partial charge in [0.05, 0.1) is 5.01 Å². The predicted octanol–water partition coefficient (Wildman–Crippen LogP) is 0.988. The summed E-state index contributed by atoms with van der Waals surface area (Å²) in [6.45, 7) is 4.50. The molecule has 0 amide bonds. The average Bonchev–Trinajstić information content (AvgIpc) is 2.78. The third kappa shape index (κ3) is 4.57. The topological polar surface area (TPSA) is 25.8 Å². The van der Waals surface area contributed by atoms with Crippen LogP contribution < -0.4 is 18.9 Å². The molecule has 0 aliphatic carbocycles. The van der Waals surface area contributed by atoms with Gasteiger partial charge in [-0.3, -0.25) is 4.98 Å². The number of hydrogen-bond donors (Lipinski definition) is 0. The summed E-state index contributed by atoms with van der Waals surface area (Å²) in [7, 11) is 0. The summed E-state index contributed by atoms with van der Waals surface area (Å²) in [5.41, 5.74) is 1.04. The van der Waals surface area contributed by atoms with Crippen molar-refractivity contribution in [3.05, 3.63) is 36.2 Å². The molecular weight excluding hydrogens is 235 g/mol. The minimum absolute atomic E-state index is 0. The Morgan fingerprint density at radius 3 is 2.83 bits per heavy atom. The van der Waals surface area contributed by atoms with E-state index in [1.54, 1.807) is 0 Å². The number of nitrogens with zero attached hydrogens (tertiary/aromatic N) is 2. The molecule has 0 atom stereocenters. The quantitative estimate of drug-likeness (QED) is 0.586. The molecule has 18 heavy (non-hydrogen) atoms. The van der Waals surface area contributed by atoms with E-state index < -0.39 is 0 Å². The third-order valence-electron chi connectivity index (χ3n) is 2.59. The summed E-state index contributed by atoms with van der Waals surface area (Å²) < 4.78 is 4.40. The molecule has 1 heterocycles. The second kappa shape index (κ2) is 7.73. The fourth-order valence-corrected chi connectivity index (χ4v) is 2.36. The molecule has 0 aliphatic rings. The van der Waals surface area contributed by atoms with Crippen LogP contribution in [-0.4, -0.2) is 9.36 Å². The maximum Gasteiger partial charge on any atom is 1.00 e. The molecule has 0 aliphatic heterocycles. The van der Waals surface area contributed by atoms with E-state index in [2.05, 4.69) is 29.3 Å². The summed E-state index contributed by atoms with van der Waals surface area (Å²) in [6, 6.07) is 11.1. The van der Waals surface area contributed by atoms with E-state index in [0.29, 0.717) is 0 Å². The Labute approximate surface area is 125 Å². The molecule has 0 radical (unpaired) electrons. The van der Waals surface area contributed by atoms with Gasteiger partial charge in [0.1, 0.15) is 5.82 Å². The van der Waals surface area contributed by atoms with Gasteiger partial charge in [-0.15, -0.1) is 35.9 Å². The second-order valence-corrected chi connectivity index (χ2v) is 5.33. The van der Waals surface area contributed by atoms with Crippen molar-refractivity contribution >= 4 is 11.5 Å². The second-order valence-electron chi connectivity index (χ2n) is 4.58. The van der Waals surface area contributed by atoms with Gasteiger partial charge in [-0.25, -0.2) is 0 Å². The van der Waals surface area contributed by atoms with Crippen LogP contribution in [0.25, 0.3) is 10.6 Å². The van der Waals surface area contributed by atoms with Crippen LogP contribution in [-0.2, 0) is 6.42 Å². The predicted molar refractivity (Wildman–Crippen MR) is 72.0 cm³/mol. The van der Waals surface area contributed by atoms with Gasteiger partial charge in [0.15, 0.2) is 0 Å². The van der Waals surface area contributed by atoms with E-state index in [1.807, 2.05) is 24.3 Å². The Hall–Kier alpha value is -0.623. The van der Waals surface area contributed by atoms with Crippen LogP contribution in [0.15, 0.2) is 24.3 Å². The smallest absolute Gasteiger partial charge is 0.270 e. The molecule has 0 saturated heterocycles. The molecule has 0 spiro atoms. The summed E-state index contributed by atoms with van der Waals surface area (Å²) >= 11 is 1.47. The molecule has 90 valence electrons. The van der Waals surface area contributed by atoms with Crippen LogP contribution in [0, 0.1) is 12.0 Å². The number of hydrogen-bond acceptors (Lipinski definition) is 3. The van der Waals surface area contributed by atoms with Crippen LogP contribution in [0.4, 0.5) is 0 Å². The van der Waals surface area contributed by atoms with Crippen LogP contribution in [0.2, 0.25) is 0 Å². The third-order valence-corrected chi connectivity index (χ3v) is 3.38. The van der Waals surface area contributed by atoms with Crippen molar-refractivity contribution in [2.75, 3.05) is 0 Å². The number of rotatable bonds is 5. The SMILES string of the molecule is CC(C)CCCc1nsc(-c2[c-]cccc2)n1.[Li+]. The van der Waals surface area contributed by atoms with Crippen LogP contribution in [0.3, 0.4) is 0 Å². The van der Waals surface area contributed by atoms with E-state index in [-0.39, 0.29) is 18.9 Å². The first-order valence-corrected chi connectivity index (χ1v) is 6.82. The van der Waals surface area contributed by atoms with Gasteiger partial charge in [-0.2, -0.15) is 4.37 Å². The zero-order chi connectivity index (χ0) is 12.1. The number of aryl methyl sites for hydroxylation is 1.